The summed E-state index contributed by atoms with van der Waals surface area (Å²) in [5.74, 6) is -0.453. The molecular weight excluding hydrogens is 252 g/mol. The SMILES string of the molecule is CC(C)(C)OC(=O)CCn1cccc([N+](=O)[O-])c1=O. The number of nitro groups is 1. The maximum atomic E-state index is 11.7. The van der Waals surface area contributed by atoms with Crippen LogP contribution in [-0.2, 0) is 16.1 Å². The molecule has 0 N–H and O–H groups in total. The highest BCUT2D eigenvalue weighted by molar-refractivity contribution is 5.69. The molecule has 7 nitrogen and oxygen atoms in total. The minimum absolute atomic E-state index is 0.0155. The summed E-state index contributed by atoms with van der Waals surface area (Å²) in [5, 5.41) is 10.6. The summed E-state index contributed by atoms with van der Waals surface area (Å²) in [6, 6.07) is 2.53. The molecule has 0 aliphatic carbocycles. The average molecular weight is 268 g/mol. The molecule has 0 bridgehead atoms. The molecule has 0 saturated carbocycles. The van der Waals surface area contributed by atoms with Crippen LogP contribution in [0.2, 0.25) is 0 Å². The maximum absolute atomic E-state index is 11.7. The van der Waals surface area contributed by atoms with E-state index in [0.717, 1.165) is 10.6 Å². The average Bonchev–Trinajstić information content (AvgIpc) is 2.24. The van der Waals surface area contributed by atoms with Crippen LogP contribution in [0.4, 0.5) is 5.69 Å². The number of hydrogen-bond acceptors (Lipinski definition) is 5. The number of aryl methyl sites for hydroxylation is 1. The molecule has 0 radical (unpaired) electrons. The standard InChI is InChI=1S/C12H16N2O5/c1-12(2,3)19-10(15)6-8-13-7-4-5-9(11(13)16)14(17)18/h4-5,7H,6,8H2,1-3H3. The second-order valence-corrected chi connectivity index (χ2v) is 4.99. The Bertz CT molecular complexity index is 542. The molecule has 19 heavy (non-hydrogen) atoms. The highest BCUT2D eigenvalue weighted by atomic mass is 16.6. The van der Waals surface area contributed by atoms with Crippen molar-refractivity contribution in [1.29, 1.82) is 0 Å². The van der Waals surface area contributed by atoms with Crippen molar-refractivity contribution in [2.75, 3.05) is 0 Å². The van der Waals surface area contributed by atoms with Gasteiger partial charge in [0, 0.05) is 18.8 Å². The van der Waals surface area contributed by atoms with Gasteiger partial charge in [0.1, 0.15) is 5.60 Å². The Kier molecular flexibility index (Phi) is 4.42. The van der Waals surface area contributed by atoms with Gasteiger partial charge in [-0.05, 0) is 26.8 Å². The number of ether oxygens (including phenoxy) is 1. The van der Waals surface area contributed by atoms with E-state index in [0.29, 0.717) is 0 Å². The first-order valence-electron chi connectivity index (χ1n) is 5.76. The second kappa shape index (κ2) is 5.64. The lowest BCUT2D eigenvalue weighted by molar-refractivity contribution is -0.386. The fourth-order valence-corrected chi connectivity index (χ4v) is 1.44. The smallest absolute Gasteiger partial charge is 0.334 e. The van der Waals surface area contributed by atoms with Crippen LogP contribution in [0.5, 0.6) is 0 Å². The molecule has 0 amide bonds. The normalized spacial score (nSPS) is 11.1. The minimum Gasteiger partial charge on any atom is -0.460 e. The Morgan fingerprint density at radius 2 is 2.11 bits per heavy atom. The molecule has 0 aliphatic rings. The van der Waals surface area contributed by atoms with Crippen LogP contribution in [0.3, 0.4) is 0 Å². The lowest BCUT2D eigenvalue weighted by Crippen LogP contribution is -2.27. The van der Waals surface area contributed by atoms with Crippen LogP contribution in [0, 0.1) is 10.1 Å². The van der Waals surface area contributed by atoms with Crippen LogP contribution >= 0.6 is 0 Å². The third kappa shape index (κ3) is 4.53. The molecule has 7 heteroatoms. The molecule has 0 saturated heterocycles. The van der Waals surface area contributed by atoms with Crippen LogP contribution < -0.4 is 5.56 Å². The van der Waals surface area contributed by atoms with Gasteiger partial charge in [-0.25, -0.2) is 0 Å². The van der Waals surface area contributed by atoms with E-state index in [2.05, 4.69) is 0 Å². The summed E-state index contributed by atoms with van der Waals surface area (Å²) in [5.41, 5.74) is -1.83. The molecule has 0 aliphatic heterocycles. The van der Waals surface area contributed by atoms with Crippen molar-refractivity contribution in [3.05, 3.63) is 38.8 Å². The molecule has 0 aromatic carbocycles. The number of hydrogen-bond donors (Lipinski definition) is 0. The lowest BCUT2D eigenvalue weighted by Gasteiger charge is -2.19. The fourth-order valence-electron chi connectivity index (χ4n) is 1.44. The molecule has 0 fully saturated rings. The van der Waals surface area contributed by atoms with Crippen molar-refractivity contribution in [2.45, 2.75) is 39.3 Å². The summed E-state index contributed by atoms with van der Waals surface area (Å²) in [6.45, 7) is 5.27. The van der Waals surface area contributed by atoms with Crippen molar-refractivity contribution in [3.8, 4) is 0 Å². The molecule has 1 aromatic rings. The van der Waals surface area contributed by atoms with E-state index in [1.54, 1.807) is 20.8 Å². The number of aromatic nitrogens is 1. The van der Waals surface area contributed by atoms with Crippen molar-refractivity contribution in [3.63, 3.8) is 0 Å². The zero-order valence-electron chi connectivity index (χ0n) is 11.1. The molecule has 0 unspecified atom stereocenters. The van der Waals surface area contributed by atoms with E-state index < -0.39 is 27.7 Å². The van der Waals surface area contributed by atoms with Crippen LogP contribution in [0.25, 0.3) is 0 Å². The monoisotopic (exact) mass is 268 g/mol. The van der Waals surface area contributed by atoms with Gasteiger partial charge in [0.05, 0.1) is 11.3 Å². The Morgan fingerprint density at radius 3 is 2.63 bits per heavy atom. The Balaban J connectivity index is 2.74. The second-order valence-electron chi connectivity index (χ2n) is 4.99. The van der Waals surface area contributed by atoms with E-state index in [1.807, 2.05) is 0 Å². The minimum atomic E-state index is -0.744. The van der Waals surface area contributed by atoms with Gasteiger partial charge in [0.15, 0.2) is 0 Å². The molecule has 1 aromatic heterocycles. The molecular formula is C12H16N2O5. The maximum Gasteiger partial charge on any atom is 0.334 e. The zero-order valence-corrected chi connectivity index (χ0v) is 11.1. The highest BCUT2D eigenvalue weighted by Gasteiger charge is 2.17. The van der Waals surface area contributed by atoms with Crippen molar-refractivity contribution >= 4 is 11.7 Å². The predicted octanol–water partition coefficient (Wildman–Crippen LogP) is 1.49. The summed E-state index contributed by atoms with van der Waals surface area (Å²) in [7, 11) is 0. The summed E-state index contributed by atoms with van der Waals surface area (Å²) in [4.78, 5) is 33.0. The number of pyridine rings is 1. The first kappa shape index (κ1) is 14.9. The lowest BCUT2D eigenvalue weighted by atomic mass is 10.2. The first-order chi connectivity index (χ1) is 8.70. The van der Waals surface area contributed by atoms with Gasteiger partial charge >= 0.3 is 17.2 Å². The largest absolute Gasteiger partial charge is 0.460 e. The van der Waals surface area contributed by atoms with Gasteiger partial charge in [-0.1, -0.05) is 0 Å². The van der Waals surface area contributed by atoms with E-state index in [4.69, 9.17) is 4.74 Å². The quantitative estimate of drug-likeness (QED) is 0.468. The van der Waals surface area contributed by atoms with Gasteiger partial charge in [-0.15, -0.1) is 0 Å². The summed E-state index contributed by atoms with van der Waals surface area (Å²) in [6.07, 6.45) is 1.39. The van der Waals surface area contributed by atoms with E-state index in [-0.39, 0.29) is 13.0 Å². The van der Waals surface area contributed by atoms with Crippen LogP contribution in [0.15, 0.2) is 23.1 Å². The molecule has 104 valence electrons. The van der Waals surface area contributed by atoms with Crippen LogP contribution in [0.1, 0.15) is 27.2 Å². The number of nitrogens with zero attached hydrogens (tertiary/aromatic N) is 2. The van der Waals surface area contributed by atoms with Gasteiger partial charge in [0.2, 0.25) is 0 Å². The van der Waals surface area contributed by atoms with Gasteiger partial charge < -0.3 is 9.30 Å². The molecule has 1 heterocycles. The zero-order chi connectivity index (χ0) is 14.6. The van der Waals surface area contributed by atoms with Crippen molar-refractivity contribution in [2.24, 2.45) is 0 Å². The number of carbonyl (C=O) groups excluding carboxylic acids is 1. The fraction of sp³-hybridized carbons (Fsp3) is 0.500. The number of rotatable bonds is 4. The molecule has 0 spiro atoms. The number of carbonyl (C=O) groups is 1. The first-order valence-corrected chi connectivity index (χ1v) is 5.76. The topological polar surface area (TPSA) is 91.4 Å². The third-order valence-corrected chi connectivity index (χ3v) is 2.17. The van der Waals surface area contributed by atoms with Gasteiger partial charge in [-0.3, -0.25) is 19.7 Å². The third-order valence-electron chi connectivity index (χ3n) is 2.17. The Morgan fingerprint density at radius 1 is 1.47 bits per heavy atom. The van der Waals surface area contributed by atoms with Gasteiger partial charge in [-0.2, -0.15) is 0 Å². The van der Waals surface area contributed by atoms with E-state index in [9.17, 15) is 19.7 Å². The molecule has 0 atom stereocenters. The predicted molar refractivity (Wildman–Crippen MR) is 67.8 cm³/mol. The number of esters is 1. The van der Waals surface area contributed by atoms with Crippen molar-refractivity contribution in [1.82, 2.24) is 4.57 Å². The Labute approximate surface area is 110 Å². The molecule has 1 rings (SSSR count). The summed E-state index contributed by atoms with van der Waals surface area (Å²) < 4.78 is 6.22. The van der Waals surface area contributed by atoms with Gasteiger partial charge in [0.25, 0.3) is 0 Å². The van der Waals surface area contributed by atoms with Crippen molar-refractivity contribution < 1.29 is 14.5 Å². The van der Waals surface area contributed by atoms with E-state index >= 15 is 0 Å². The van der Waals surface area contributed by atoms with E-state index in [1.165, 1.54) is 12.3 Å². The van der Waals surface area contributed by atoms with Crippen LogP contribution in [-0.4, -0.2) is 21.1 Å². The summed E-state index contributed by atoms with van der Waals surface area (Å²) >= 11 is 0. The Hall–Kier alpha value is -2.18. The highest BCUT2D eigenvalue weighted by Crippen LogP contribution is 2.09.